The van der Waals surface area contributed by atoms with Gasteiger partial charge < -0.3 is 5.32 Å². The van der Waals surface area contributed by atoms with Crippen LogP contribution >= 0.6 is 11.8 Å². The summed E-state index contributed by atoms with van der Waals surface area (Å²) in [4.78, 5) is 28.3. The van der Waals surface area contributed by atoms with E-state index in [0.717, 1.165) is 18.5 Å². The van der Waals surface area contributed by atoms with Crippen molar-refractivity contribution in [3.63, 3.8) is 0 Å². The van der Waals surface area contributed by atoms with Gasteiger partial charge in [-0.05, 0) is 37.1 Å². The Bertz CT molecular complexity index is 939. The van der Waals surface area contributed by atoms with E-state index in [-0.39, 0.29) is 5.91 Å². The van der Waals surface area contributed by atoms with E-state index in [2.05, 4.69) is 20.5 Å². The Hall–Kier alpha value is -3.00. The Kier molecular flexibility index (Phi) is 4.26. The number of aromatic nitrogens is 4. The first-order chi connectivity index (χ1) is 12.7. The highest BCUT2D eigenvalue weighted by Crippen LogP contribution is 2.52. The van der Waals surface area contributed by atoms with Gasteiger partial charge in [0.05, 0.1) is 0 Å². The normalized spacial score (nSPS) is 14.6. The first kappa shape index (κ1) is 16.5. The second-order valence-corrected chi connectivity index (χ2v) is 7.29. The molecule has 1 aliphatic rings. The number of hydrogen-bond acceptors (Lipinski definition) is 6. The molecule has 26 heavy (non-hydrogen) atoms. The minimum atomic E-state index is -0.615. The average molecular weight is 365 g/mol. The van der Waals surface area contributed by atoms with Crippen LogP contribution in [-0.4, -0.2) is 36.8 Å². The Balaban J connectivity index is 1.56. The van der Waals surface area contributed by atoms with Crippen LogP contribution in [-0.2, 0) is 9.59 Å². The number of anilines is 1. The van der Waals surface area contributed by atoms with E-state index >= 15 is 0 Å². The lowest BCUT2D eigenvalue weighted by Gasteiger charge is -2.14. The summed E-state index contributed by atoms with van der Waals surface area (Å²) < 4.78 is 0.743. The number of nitrogens with one attached hydrogen (secondary N) is 1. The van der Waals surface area contributed by atoms with Gasteiger partial charge in [0.1, 0.15) is 4.75 Å². The quantitative estimate of drug-likeness (QED) is 0.676. The summed E-state index contributed by atoms with van der Waals surface area (Å²) in [6.45, 7) is 0. The fourth-order valence-electron chi connectivity index (χ4n) is 2.56. The topological polar surface area (TPSA) is 89.8 Å². The number of hydrogen-bond donors (Lipinski definition) is 1. The highest BCUT2D eigenvalue weighted by Gasteiger charge is 2.52. The van der Waals surface area contributed by atoms with Crippen molar-refractivity contribution in [2.45, 2.75) is 22.7 Å². The molecule has 0 saturated heterocycles. The predicted molar refractivity (Wildman–Crippen MR) is 98.3 cm³/mol. The number of para-hydroxylation sites is 1. The molecule has 0 bridgehead atoms. The maximum Gasteiger partial charge on any atom is 0.241 e. The number of pyridine rings is 1. The molecule has 4 rings (SSSR count). The van der Waals surface area contributed by atoms with Crippen LogP contribution in [0.25, 0.3) is 11.4 Å². The molecular weight excluding hydrogens is 350 g/mol. The Labute approximate surface area is 153 Å². The molecule has 0 unspecified atom stereocenters. The summed E-state index contributed by atoms with van der Waals surface area (Å²) in [5, 5.41) is 11.5. The van der Waals surface area contributed by atoms with Crippen LogP contribution in [0.4, 0.5) is 5.69 Å². The molecule has 0 radical (unpaired) electrons. The van der Waals surface area contributed by atoms with Crippen LogP contribution in [0, 0.1) is 0 Å². The molecule has 7 nitrogen and oxygen atoms in total. The van der Waals surface area contributed by atoms with Gasteiger partial charge in [-0.1, -0.05) is 30.0 Å². The standard InChI is InChI=1S/C18H15N5O2S/c24-12-23-15(13-5-4-10-19-11-13)21-22-17(23)26-18(8-9-18)16(25)20-14-6-2-1-3-7-14/h1-7,10-12H,8-9H2,(H,20,25). The molecule has 0 atom stereocenters. The lowest BCUT2D eigenvalue weighted by molar-refractivity contribution is -0.116. The zero-order valence-corrected chi connectivity index (χ0v) is 14.5. The fourth-order valence-corrected chi connectivity index (χ4v) is 3.67. The summed E-state index contributed by atoms with van der Waals surface area (Å²) in [5.41, 5.74) is 1.44. The van der Waals surface area contributed by atoms with Gasteiger partial charge in [-0.25, -0.2) is 4.57 Å². The molecule has 1 aliphatic carbocycles. The maximum atomic E-state index is 12.7. The monoisotopic (exact) mass is 365 g/mol. The van der Waals surface area contributed by atoms with Crippen LogP contribution in [0.5, 0.6) is 0 Å². The van der Waals surface area contributed by atoms with E-state index in [1.807, 2.05) is 30.3 Å². The minimum absolute atomic E-state index is 0.0860. The Morgan fingerprint density at radius 2 is 1.96 bits per heavy atom. The average Bonchev–Trinajstić information content (AvgIpc) is 3.36. The van der Waals surface area contributed by atoms with Crippen molar-refractivity contribution in [1.82, 2.24) is 19.7 Å². The zero-order chi connectivity index (χ0) is 18.0. The lowest BCUT2D eigenvalue weighted by Crippen LogP contribution is -2.27. The van der Waals surface area contributed by atoms with Crippen LogP contribution in [0.3, 0.4) is 0 Å². The number of amides is 1. The smallest absolute Gasteiger partial charge is 0.241 e. The zero-order valence-electron chi connectivity index (χ0n) is 13.7. The second kappa shape index (κ2) is 6.72. The number of benzene rings is 1. The Morgan fingerprint density at radius 1 is 1.15 bits per heavy atom. The van der Waals surface area contributed by atoms with Gasteiger partial charge in [0.2, 0.25) is 12.3 Å². The van der Waals surface area contributed by atoms with Gasteiger partial charge in [0.15, 0.2) is 11.0 Å². The number of thioether (sulfide) groups is 1. The van der Waals surface area contributed by atoms with Crippen molar-refractivity contribution >= 4 is 29.8 Å². The number of carbonyl (C=O) groups is 2. The molecule has 1 amide bonds. The third kappa shape index (κ3) is 3.11. The maximum absolute atomic E-state index is 12.7. The molecule has 1 fully saturated rings. The van der Waals surface area contributed by atoms with Crippen molar-refractivity contribution in [3.05, 3.63) is 54.9 Å². The van der Waals surface area contributed by atoms with Crippen molar-refractivity contribution in [2.75, 3.05) is 5.32 Å². The van der Waals surface area contributed by atoms with Crippen LogP contribution in [0.2, 0.25) is 0 Å². The summed E-state index contributed by atoms with van der Waals surface area (Å²) in [6.07, 6.45) is 5.38. The third-order valence-electron chi connectivity index (χ3n) is 4.13. The summed E-state index contributed by atoms with van der Waals surface area (Å²) >= 11 is 1.28. The largest absolute Gasteiger partial charge is 0.325 e. The second-order valence-electron chi connectivity index (χ2n) is 5.94. The van der Waals surface area contributed by atoms with E-state index < -0.39 is 4.75 Å². The van der Waals surface area contributed by atoms with Crippen LogP contribution < -0.4 is 5.32 Å². The van der Waals surface area contributed by atoms with Gasteiger partial charge in [-0.3, -0.25) is 14.6 Å². The lowest BCUT2D eigenvalue weighted by atomic mass is 10.3. The number of rotatable bonds is 6. The Morgan fingerprint density at radius 3 is 2.62 bits per heavy atom. The van der Waals surface area contributed by atoms with E-state index in [4.69, 9.17) is 0 Å². The van der Waals surface area contributed by atoms with Crippen molar-refractivity contribution < 1.29 is 9.59 Å². The van der Waals surface area contributed by atoms with Crippen LogP contribution in [0.1, 0.15) is 12.8 Å². The number of carbonyl (C=O) groups excluding carboxylic acids is 2. The minimum Gasteiger partial charge on any atom is -0.325 e. The van der Waals surface area contributed by atoms with Gasteiger partial charge >= 0.3 is 0 Å². The molecule has 2 heterocycles. The van der Waals surface area contributed by atoms with Gasteiger partial charge in [-0.15, -0.1) is 10.2 Å². The molecule has 2 aromatic heterocycles. The highest BCUT2D eigenvalue weighted by molar-refractivity contribution is 8.01. The predicted octanol–water partition coefficient (Wildman–Crippen LogP) is 2.64. The molecule has 1 saturated carbocycles. The molecule has 1 N–H and O–H groups in total. The molecule has 8 heteroatoms. The SMILES string of the molecule is O=Cn1c(SC2(C(=O)Nc3ccccc3)CC2)nnc1-c1cccnc1. The summed E-state index contributed by atoms with van der Waals surface area (Å²) in [5.74, 6) is 0.326. The molecular formula is C18H15N5O2S. The van der Waals surface area contributed by atoms with Crippen molar-refractivity contribution in [3.8, 4) is 11.4 Å². The van der Waals surface area contributed by atoms with E-state index in [1.165, 1.54) is 16.3 Å². The van der Waals surface area contributed by atoms with E-state index in [9.17, 15) is 9.59 Å². The fraction of sp³-hybridized carbons (Fsp3) is 0.167. The first-order valence-corrected chi connectivity index (χ1v) is 8.90. The molecule has 3 aromatic rings. The summed E-state index contributed by atoms with van der Waals surface area (Å²) in [7, 11) is 0. The van der Waals surface area contributed by atoms with Crippen LogP contribution in [0.15, 0.2) is 60.0 Å². The number of nitrogens with zero attached hydrogens (tertiary/aromatic N) is 4. The van der Waals surface area contributed by atoms with Gasteiger partial charge in [0, 0.05) is 23.6 Å². The van der Waals surface area contributed by atoms with Gasteiger partial charge in [0.25, 0.3) is 0 Å². The van der Waals surface area contributed by atoms with Crippen molar-refractivity contribution in [1.29, 1.82) is 0 Å². The van der Waals surface area contributed by atoms with Crippen molar-refractivity contribution in [2.24, 2.45) is 0 Å². The van der Waals surface area contributed by atoms with E-state index in [0.29, 0.717) is 23.0 Å². The first-order valence-electron chi connectivity index (χ1n) is 8.08. The molecule has 1 aromatic carbocycles. The molecule has 0 spiro atoms. The van der Waals surface area contributed by atoms with Gasteiger partial charge in [-0.2, -0.15) is 0 Å². The molecule has 0 aliphatic heterocycles. The van der Waals surface area contributed by atoms with E-state index in [1.54, 1.807) is 24.5 Å². The third-order valence-corrected chi connectivity index (χ3v) is 5.57. The summed E-state index contributed by atoms with van der Waals surface area (Å²) in [6, 6.07) is 12.9. The molecule has 130 valence electrons. The highest BCUT2D eigenvalue weighted by atomic mass is 32.2.